The molecule has 0 aliphatic rings. The molecule has 1 atom stereocenters. The number of unbranched alkanes of at least 4 members (excludes halogenated alkanes) is 41. The first kappa shape index (κ1) is 65.9. The second-order valence-corrected chi connectivity index (χ2v) is 20.6. The summed E-state index contributed by atoms with van der Waals surface area (Å²) >= 11 is 0. The van der Waals surface area contributed by atoms with Gasteiger partial charge in [-0.2, -0.15) is 0 Å². The van der Waals surface area contributed by atoms with Gasteiger partial charge in [0.15, 0.2) is 6.10 Å². The van der Waals surface area contributed by atoms with Crippen molar-refractivity contribution < 1.29 is 28.6 Å². The van der Waals surface area contributed by atoms with Gasteiger partial charge in [-0.3, -0.25) is 14.4 Å². The topological polar surface area (TPSA) is 78.9 Å². The van der Waals surface area contributed by atoms with E-state index >= 15 is 0 Å². The zero-order chi connectivity index (χ0) is 49.3. The van der Waals surface area contributed by atoms with Gasteiger partial charge in [0, 0.05) is 19.3 Å². The molecule has 0 rings (SSSR count). The summed E-state index contributed by atoms with van der Waals surface area (Å²) in [5, 5.41) is 0. The molecule has 0 heterocycles. The zero-order valence-electron chi connectivity index (χ0n) is 45.9. The Morgan fingerprint density at radius 2 is 0.485 bits per heavy atom. The van der Waals surface area contributed by atoms with Crippen molar-refractivity contribution in [3.05, 3.63) is 24.3 Å². The van der Waals surface area contributed by atoms with Gasteiger partial charge in [0.05, 0.1) is 0 Å². The van der Waals surface area contributed by atoms with Crippen molar-refractivity contribution in [2.45, 2.75) is 341 Å². The highest BCUT2D eigenvalue weighted by Crippen LogP contribution is 2.17. The lowest BCUT2D eigenvalue weighted by molar-refractivity contribution is -0.167. The van der Waals surface area contributed by atoms with Gasteiger partial charge in [0.1, 0.15) is 13.2 Å². The van der Waals surface area contributed by atoms with Crippen molar-refractivity contribution in [3.63, 3.8) is 0 Å². The number of hydrogen-bond donors (Lipinski definition) is 0. The average Bonchev–Trinajstić information content (AvgIpc) is 3.34. The lowest BCUT2D eigenvalue weighted by atomic mass is 10.0. The summed E-state index contributed by atoms with van der Waals surface area (Å²) in [6.07, 6.45) is 67.4. The van der Waals surface area contributed by atoms with Gasteiger partial charge in [-0.1, -0.05) is 270 Å². The van der Waals surface area contributed by atoms with Crippen LogP contribution in [0.2, 0.25) is 0 Å². The van der Waals surface area contributed by atoms with Crippen molar-refractivity contribution >= 4 is 17.9 Å². The third-order valence-electron chi connectivity index (χ3n) is 13.7. The molecule has 0 aromatic heterocycles. The normalized spacial score (nSPS) is 12.1. The molecule has 0 aromatic carbocycles. The molecular weight excluding hydrogens is 841 g/mol. The predicted molar refractivity (Wildman–Crippen MR) is 293 cm³/mol. The Morgan fingerprint density at radius 3 is 0.735 bits per heavy atom. The van der Waals surface area contributed by atoms with Crippen LogP contribution in [0.15, 0.2) is 24.3 Å². The fraction of sp³-hybridized carbons (Fsp3) is 0.887. The molecule has 0 aliphatic carbocycles. The highest BCUT2D eigenvalue weighted by molar-refractivity contribution is 5.71. The largest absolute Gasteiger partial charge is 0.462 e. The van der Waals surface area contributed by atoms with Crippen LogP contribution in [0.3, 0.4) is 0 Å². The van der Waals surface area contributed by atoms with Crippen molar-refractivity contribution in [1.29, 1.82) is 0 Å². The molecule has 0 aliphatic heterocycles. The van der Waals surface area contributed by atoms with E-state index in [1.807, 2.05) is 0 Å². The van der Waals surface area contributed by atoms with Gasteiger partial charge in [-0.15, -0.1) is 0 Å². The third-order valence-corrected chi connectivity index (χ3v) is 13.7. The molecule has 0 saturated heterocycles. The Labute approximate surface area is 423 Å². The quantitative estimate of drug-likeness (QED) is 0.0262. The van der Waals surface area contributed by atoms with E-state index in [2.05, 4.69) is 45.1 Å². The Morgan fingerprint density at radius 1 is 0.279 bits per heavy atom. The lowest BCUT2D eigenvalue weighted by Gasteiger charge is -2.18. The average molecular weight is 958 g/mol. The fourth-order valence-electron chi connectivity index (χ4n) is 9.08. The second-order valence-electron chi connectivity index (χ2n) is 20.6. The summed E-state index contributed by atoms with van der Waals surface area (Å²) in [5.74, 6) is -0.857. The smallest absolute Gasteiger partial charge is 0.306 e. The van der Waals surface area contributed by atoms with Crippen LogP contribution in [0.4, 0.5) is 0 Å². The van der Waals surface area contributed by atoms with Gasteiger partial charge in [-0.25, -0.2) is 0 Å². The van der Waals surface area contributed by atoms with Crippen LogP contribution >= 0.6 is 0 Å². The maximum Gasteiger partial charge on any atom is 0.306 e. The van der Waals surface area contributed by atoms with Gasteiger partial charge in [-0.05, 0) is 70.6 Å². The van der Waals surface area contributed by atoms with Crippen LogP contribution in [-0.2, 0) is 28.6 Å². The summed E-state index contributed by atoms with van der Waals surface area (Å²) in [5.41, 5.74) is 0. The van der Waals surface area contributed by atoms with Crippen molar-refractivity contribution in [1.82, 2.24) is 0 Å². The van der Waals surface area contributed by atoms with Crippen molar-refractivity contribution in [3.8, 4) is 0 Å². The minimum Gasteiger partial charge on any atom is -0.462 e. The van der Waals surface area contributed by atoms with Crippen LogP contribution in [0.25, 0.3) is 0 Å². The Balaban J connectivity index is 4.32. The second kappa shape index (κ2) is 57.5. The first-order valence-electron chi connectivity index (χ1n) is 30.3. The molecule has 0 N–H and O–H groups in total. The van der Waals surface area contributed by atoms with Crippen LogP contribution in [0.1, 0.15) is 335 Å². The van der Waals surface area contributed by atoms with E-state index in [9.17, 15) is 14.4 Å². The molecule has 0 radical (unpaired) electrons. The first-order valence-corrected chi connectivity index (χ1v) is 30.3. The molecule has 0 saturated carbocycles. The van der Waals surface area contributed by atoms with Crippen LogP contribution in [0.5, 0.6) is 0 Å². The summed E-state index contributed by atoms with van der Waals surface area (Å²) < 4.78 is 16.9. The number of esters is 3. The molecule has 0 fully saturated rings. The van der Waals surface area contributed by atoms with E-state index in [0.717, 1.165) is 64.2 Å². The van der Waals surface area contributed by atoms with E-state index in [4.69, 9.17) is 14.2 Å². The molecule has 400 valence electrons. The Bertz CT molecular complexity index is 1100. The first-order chi connectivity index (χ1) is 33.5. The van der Waals surface area contributed by atoms with Gasteiger partial charge in [0.25, 0.3) is 0 Å². The van der Waals surface area contributed by atoms with Gasteiger partial charge < -0.3 is 14.2 Å². The Kier molecular flexibility index (Phi) is 55.7. The summed E-state index contributed by atoms with van der Waals surface area (Å²) in [6.45, 7) is 6.68. The van der Waals surface area contributed by atoms with Crippen molar-refractivity contribution in [2.75, 3.05) is 13.2 Å². The number of allylic oxidation sites excluding steroid dienone is 4. The zero-order valence-corrected chi connectivity index (χ0v) is 45.9. The molecule has 68 heavy (non-hydrogen) atoms. The Hall–Kier alpha value is -2.11. The third kappa shape index (κ3) is 54.8. The minimum atomic E-state index is -0.772. The fourth-order valence-corrected chi connectivity index (χ4v) is 9.08. The van der Waals surface area contributed by atoms with E-state index in [0.29, 0.717) is 19.3 Å². The van der Waals surface area contributed by atoms with E-state index in [-0.39, 0.29) is 31.1 Å². The molecule has 0 aromatic rings. The minimum absolute atomic E-state index is 0.0703. The van der Waals surface area contributed by atoms with E-state index in [1.165, 1.54) is 231 Å². The summed E-state index contributed by atoms with van der Waals surface area (Å²) in [7, 11) is 0. The van der Waals surface area contributed by atoms with Crippen LogP contribution in [-0.4, -0.2) is 37.2 Å². The SMILES string of the molecule is CCCCCCCC/C=C\CCCCCCCCCCCC(=O)OC[C@@H](COC(=O)CCCCCCC/C=C\CCCCCCCC)OC(=O)CCCCCCCCCCCCCCCCCC. The van der Waals surface area contributed by atoms with Crippen molar-refractivity contribution in [2.24, 2.45) is 0 Å². The molecule has 0 unspecified atom stereocenters. The molecule has 0 spiro atoms. The summed E-state index contributed by atoms with van der Waals surface area (Å²) in [4.78, 5) is 38.2. The van der Waals surface area contributed by atoms with Crippen LogP contribution in [0, 0.1) is 0 Å². The standard InChI is InChI=1S/C62H116O6/c1-4-7-10-13-16-19-22-25-28-30-31-32-35-37-40-43-46-49-52-55-61(64)67-58-59(57-66-60(63)54-51-48-45-42-39-36-33-27-24-21-18-15-12-9-6-3)68-62(65)56-53-50-47-44-41-38-34-29-26-23-20-17-14-11-8-5-2/h25,27-28,33,59H,4-24,26,29-32,34-58H2,1-3H3/b28-25-,33-27-/t59-/m1/s1. The highest BCUT2D eigenvalue weighted by Gasteiger charge is 2.19. The number of carbonyl (C=O) groups is 3. The van der Waals surface area contributed by atoms with E-state index in [1.54, 1.807) is 0 Å². The maximum absolute atomic E-state index is 12.9. The maximum atomic E-state index is 12.9. The van der Waals surface area contributed by atoms with Gasteiger partial charge >= 0.3 is 17.9 Å². The summed E-state index contributed by atoms with van der Waals surface area (Å²) in [6, 6.07) is 0. The molecule has 0 bridgehead atoms. The molecule has 6 heteroatoms. The number of ether oxygens (including phenoxy) is 3. The highest BCUT2D eigenvalue weighted by atomic mass is 16.6. The number of rotatable bonds is 56. The predicted octanol–water partition coefficient (Wildman–Crippen LogP) is 20.3. The molecular formula is C62H116O6. The number of hydrogen-bond acceptors (Lipinski definition) is 6. The van der Waals surface area contributed by atoms with Gasteiger partial charge in [0.2, 0.25) is 0 Å². The van der Waals surface area contributed by atoms with Crippen LogP contribution < -0.4 is 0 Å². The monoisotopic (exact) mass is 957 g/mol. The number of carbonyl (C=O) groups excluding carboxylic acids is 3. The van der Waals surface area contributed by atoms with E-state index < -0.39 is 6.10 Å². The molecule has 6 nitrogen and oxygen atoms in total. The lowest BCUT2D eigenvalue weighted by Crippen LogP contribution is -2.30. The molecule has 0 amide bonds.